The largest absolute Gasteiger partial charge is 0.311 e. The van der Waals surface area contributed by atoms with Crippen LogP contribution in [-0.2, 0) is 5.41 Å². The summed E-state index contributed by atoms with van der Waals surface area (Å²) in [5.41, 5.74) is 36.7. The van der Waals surface area contributed by atoms with E-state index >= 15 is 0 Å². The zero-order valence-electron chi connectivity index (χ0n) is 62.2. The molecular weight excluding hydrogens is 1290 g/mol. The van der Waals surface area contributed by atoms with Crippen molar-refractivity contribution in [1.82, 2.24) is 0 Å². The molecule has 0 amide bonds. The lowest BCUT2D eigenvalue weighted by Crippen LogP contribution is -2.16. The van der Waals surface area contributed by atoms with Crippen molar-refractivity contribution in [2.45, 2.75) is 60.8 Å². The van der Waals surface area contributed by atoms with Gasteiger partial charge in [-0.25, -0.2) is 0 Å². The predicted molar refractivity (Wildman–Crippen MR) is 458 cm³/mol. The number of hydrogen-bond donors (Lipinski definition) is 0. The second-order valence-corrected chi connectivity index (χ2v) is 28.7. The van der Waals surface area contributed by atoms with Crippen molar-refractivity contribution in [2.75, 3.05) is 19.6 Å². The van der Waals surface area contributed by atoms with E-state index in [9.17, 15) is 0 Å². The molecule has 0 spiro atoms. The summed E-state index contributed by atoms with van der Waals surface area (Å²) in [4.78, 5) is 9.28. The molecule has 2 aliphatic rings. The fourth-order valence-corrected chi connectivity index (χ4v) is 14.8. The zero-order valence-corrected chi connectivity index (χ0v) is 62.2. The van der Waals surface area contributed by atoms with Crippen LogP contribution < -0.4 is 19.6 Å². The van der Waals surface area contributed by atoms with E-state index in [2.05, 4.69) is 463 Å². The van der Waals surface area contributed by atoms with Gasteiger partial charge in [0.1, 0.15) is 0 Å². The molecule has 15 aromatic carbocycles. The third-order valence-electron chi connectivity index (χ3n) is 20.5. The highest BCUT2D eigenvalue weighted by molar-refractivity contribution is 6.00. The van der Waals surface area contributed by atoms with E-state index in [1.165, 1.54) is 117 Å². The minimum atomic E-state index is -0.00579. The van der Waals surface area contributed by atoms with Crippen molar-refractivity contribution in [3.8, 4) is 22.3 Å². The monoisotopic (exact) mass is 1380 g/mol. The quantitative estimate of drug-likeness (QED) is 0.108. The van der Waals surface area contributed by atoms with Crippen LogP contribution >= 0.6 is 0 Å². The van der Waals surface area contributed by atoms with Crippen LogP contribution in [0.25, 0.3) is 46.1 Å². The van der Waals surface area contributed by atoms with Gasteiger partial charge in [-0.3, -0.25) is 0 Å². The van der Waals surface area contributed by atoms with Gasteiger partial charge in [-0.2, -0.15) is 0 Å². The molecule has 0 N–H and O–H groups in total. The van der Waals surface area contributed by atoms with E-state index in [0.29, 0.717) is 0 Å². The molecule has 0 radical (unpaired) electrons. The molecule has 0 fully saturated rings. The second kappa shape index (κ2) is 31.1. The fourth-order valence-electron chi connectivity index (χ4n) is 14.8. The SMILES string of the molecule is Cc1ccc(N(c2ccc(C)cc2)c2ccc(C=C3c4ccccc4C=Cc4ccccc43)cc2)cc1.Cc1ccc(N(c2ccc(C)cc2)c2ccc3c(c2)C(C)(C)c2ccccc2-3)cc1.Cc1cccc(N(c2ccccc2)c2ccc(-c3ccc(N(c4ccccc4)c4cccc(C)c4)cc3)cc2)c1. The van der Waals surface area contributed by atoms with Gasteiger partial charge in [0.15, 0.2) is 0 Å². The van der Waals surface area contributed by atoms with Gasteiger partial charge < -0.3 is 19.6 Å². The van der Waals surface area contributed by atoms with Gasteiger partial charge in [0, 0.05) is 73.7 Å². The van der Waals surface area contributed by atoms with Crippen molar-refractivity contribution < 1.29 is 0 Å². The van der Waals surface area contributed by atoms with Gasteiger partial charge in [0.25, 0.3) is 0 Å². The molecule has 4 heteroatoms. The van der Waals surface area contributed by atoms with Crippen LogP contribution in [-0.4, -0.2) is 0 Å². The van der Waals surface area contributed by atoms with Gasteiger partial charge >= 0.3 is 0 Å². The lowest BCUT2D eigenvalue weighted by Gasteiger charge is -2.28. The lowest BCUT2D eigenvalue weighted by molar-refractivity contribution is 0.660. The molecule has 15 aromatic rings. The van der Waals surface area contributed by atoms with Crippen LogP contribution in [0.2, 0.25) is 0 Å². The smallest absolute Gasteiger partial charge is 0.0465 e. The molecule has 4 nitrogen and oxygen atoms in total. The molecule has 0 unspecified atom stereocenters. The zero-order chi connectivity index (χ0) is 73.4. The third kappa shape index (κ3) is 15.3. The molecule has 0 saturated carbocycles. The van der Waals surface area contributed by atoms with Crippen LogP contribution in [0.3, 0.4) is 0 Å². The van der Waals surface area contributed by atoms with Crippen molar-refractivity contribution >= 4 is 92.0 Å². The van der Waals surface area contributed by atoms with E-state index in [1.807, 2.05) is 0 Å². The lowest BCUT2D eigenvalue weighted by atomic mass is 9.82. The summed E-state index contributed by atoms with van der Waals surface area (Å²) in [6.07, 6.45) is 6.76. The number of hydrogen-bond acceptors (Lipinski definition) is 4. The summed E-state index contributed by atoms with van der Waals surface area (Å²) >= 11 is 0. The second-order valence-electron chi connectivity index (χ2n) is 28.7. The van der Waals surface area contributed by atoms with Crippen molar-refractivity contribution in [3.63, 3.8) is 0 Å². The van der Waals surface area contributed by atoms with Gasteiger partial charge in [0.2, 0.25) is 0 Å². The number of anilines is 12. The number of aryl methyl sites for hydroxylation is 6. The minimum absolute atomic E-state index is 0.00579. The maximum Gasteiger partial charge on any atom is 0.0465 e. The van der Waals surface area contributed by atoms with Crippen LogP contribution in [0.5, 0.6) is 0 Å². The van der Waals surface area contributed by atoms with E-state index in [0.717, 1.165) is 51.2 Å². The molecule has 520 valence electrons. The van der Waals surface area contributed by atoms with E-state index in [4.69, 9.17) is 0 Å². The summed E-state index contributed by atoms with van der Waals surface area (Å²) in [5, 5.41) is 0. The summed E-state index contributed by atoms with van der Waals surface area (Å²) in [6.45, 7) is 17.5. The fraction of sp³-hybridized carbons (Fsp3) is 0.0874. The third-order valence-corrected chi connectivity index (χ3v) is 20.5. The number of benzene rings is 15. The van der Waals surface area contributed by atoms with E-state index in [1.54, 1.807) is 0 Å². The van der Waals surface area contributed by atoms with Crippen molar-refractivity contribution in [1.29, 1.82) is 0 Å². The van der Waals surface area contributed by atoms with E-state index in [-0.39, 0.29) is 5.41 Å². The topological polar surface area (TPSA) is 13.0 Å². The maximum atomic E-state index is 2.38. The first-order valence-electron chi connectivity index (χ1n) is 37.1. The highest BCUT2D eigenvalue weighted by atomic mass is 15.2. The number of nitrogens with zero attached hydrogens (tertiary/aromatic N) is 4. The normalized spacial score (nSPS) is 11.9. The standard InChI is InChI=1S/C38H32N2.C36H29N.C29H27N/c1-29-11-9-17-37(27-29)39(33-13-5-3-6-14-33)35-23-19-31(20-24-35)32-21-25-36(26-22-32)40(34-15-7-4-8-16-34)38-18-10-12-30(2)28-38;1-26-11-19-31(20-12-26)37(32-21-13-27(2)14-22-32)33-23-15-28(16-24-33)25-36-34-9-5-3-7-29(34)17-18-30-8-4-6-10-35(30)36;1-20-9-13-22(14-10-20)30(23-15-11-21(2)12-16-23)24-17-18-26-25-7-5-6-8-27(25)29(3,4)28(26)19-24/h3-28H,1-2H3;3-25H,1-2H3;5-19H,1-4H3. The van der Waals surface area contributed by atoms with Gasteiger partial charge in [-0.05, 0) is 271 Å². The molecule has 0 aliphatic heterocycles. The van der Waals surface area contributed by atoms with Crippen LogP contribution in [0, 0.1) is 41.5 Å². The van der Waals surface area contributed by atoms with Crippen LogP contribution in [0.15, 0.2) is 370 Å². The average Bonchev–Trinajstić information content (AvgIpc) is 1.58. The Morgan fingerprint density at radius 1 is 0.215 bits per heavy atom. The first-order valence-corrected chi connectivity index (χ1v) is 37.1. The van der Waals surface area contributed by atoms with Gasteiger partial charge in [-0.1, -0.05) is 273 Å². The molecule has 107 heavy (non-hydrogen) atoms. The first kappa shape index (κ1) is 69.7. The van der Waals surface area contributed by atoms with Crippen molar-refractivity contribution in [3.05, 3.63) is 442 Å². The summed E-state index contributed by atoms with van der Waals surface area (Å²) in [6, 6.07) is 133. The number of rotatable bonds is 14. The first-order chi connectivity index (χ1) is 52.3. The highest BCUT2D eigenvalue weighted by Gasteiger charge is 2.36. The predicted octanol–water partition coefficient (Wildman–Crippen LogP) is 28.8. The summed E-state index contributed by atoms with van der Waals surface area (Å²) in [7, 11) is 0. The Hall–Kier alpha value is -13.0. The van der Waals surface area contributed by atoms with Crippen LogP contribution in [0.4, 0.5) is 68.2 Å². The van der Waals surface area contributed by atoms with Gasteiger partial charge in [0.05, 0.1) is 0 Å². The Morgan fingerprint density at radius 3 is 0.897 bits per heavy atom. The molecule has 17 rings (SSSR count). The Kier molecular flexibility index (Phi) is 20.3. The Morgan fingerprint density at radius 2 is 0.505 bits per heavy atom. The molecule has 0 aromatic heterocycles. The molecule has 0 heterocycles. The van der Waals surface area contributed by atoms with Crippen LogP contribution in [0.1, 0.15) is 86.2 Å². The number of fused-ring (bicyclic) bond motifs is 5. The summed E-state index contributed by atoms with van der Waals surface area (Å²) < 4.78 is 0. The highest BCUT2D eigenvalue weighted by Crippen LogP contribution is 2.51. The Labute approximate surface area is 633 Å². The molecule has 2 aliphatic carbocycles. The average molecular weight is 1380 g/mol. The minimum Gasteiger partial charge on any atom is -0.311 e. The van der Waals surface area contributed by atoms with E-state index < -0.39 is 0 Å². The van der Waals surface area contributed by atoms with Gasteiger partial charge in [-0.15, -0.1) is 0 Å². The molecule has 0 bridgehead atoms. The molecular formula is C103H88N4. The molecule has 0 saturated heterocycles. The number of para-hydroxylation sites is 2. The Bertz CT molecular complexity index is 5350. The Balaban J connectivity index is 0.000000130. The van der Waals surface area contributed by atoms with Crippen molar-refractivity contribution in [2.24, 2.45) is 0 Å². The summed E-state index contributed by atoms with van der Waals surface area (Å²) in [5.74, 6) is 0. The maximum absolute atomic E-state index is 2.38. The molecule has 0 atom stereocenters.